The van der Waals surface area contributed by atoms with Crippen molar-refractivity contribution in [1.29, 1.82) is 0 Å². The number of aliphatic hydroxyl groups is 1. The number of hydrogen-bond acceptors (Lipinski definition) is 5. The number of fused-ring (bicyclic) bond motifs is 3. The molecule has 6 rings (SSSR count). The minimum absolute atomic E-state index is 0.0642. The fraction of sp³-hybridized carbons (Fsp3) is 0.515. The van der Waals surface area contributed by atoms with Crippen LogP contribution in [-0.2, 0) is 21.3 Å². The number of aryl methyl sites for hydroxylation is 1. The van der Waals surface area contributed by atoms with Crippen LogP contribution < -0.4 is 9.64 Å². The van der Waals surface area contributed by atoms with E-state index in [2.05, 4.69) is 42.3 Å². The van der Waals surface area contributed by atoms with Crippen LogP contribution in [-0.4, -0.2) is 50.2 Å². The van der Waals surface area contributed by atoms with E-state index in [0.29, 0.717) is 43.7 Å². The van der Waals surface area contributed by atoms with Gasteiger partial charge < -0.3 is 24.2 Å². The lowest BCUT2D eigenvalue weighted by Gasteiger charge is -2.48. The lowest BCUT2D eigenvalue weighted by Crippen LogP contribution is -2.52. The Hall–Kier alpha value is -2.47. The summed E-state index contributed by atoms with van der Waals surface area (Å²) in [5.41, 5.74) is 3.85. The third-order valence-electron chi connectivity index (χ3n) is 9.82. The topological polar surface area (TPSA) is 51.2 Å². The minimum Gasteiger partial charge on any atom is -0.497 e. The number of anilines is 1. The van der Waals surface area contributed by atoms with Gasteiger partial charge in [-0.3, -0.25) is 0 Å². The van der Waals surface area contributed by atoms with Gasteiger partial charge in [0.2, 0.25) is 0 Å². The molecule has 2 heterocycles. The van der Waals surface area contributed by atoms with Gasteiger partial charge in [-0.15, -0.1) is 6.58 Å². The Bertz CT molecular complexity index is 1260. The summed E-state index contributed by atoms with van der Waals surface area (Å²) in [6.45, 7) is 11.0. The molecule has 0 amide bonds. The summed E-state index contributed by atoms with van der Waals surface area (Å²) < 4.78 is 18.4. The molecule has 1 spiro atoms. The maximum Gasteiger partial charge on any atom is 0.142 e. The number of ether oxygens (including phenoxy) is 3. The number of halogens is 1. The van der Waals surface area contributed by atoms with E-state index in [9.17, 15) is 5.11 Å². The van der Waals surface area contributed by atoms with Crippen molar-refractivity contribution in [3.63, 3.8) is 0 Å². The van der Waals surface area contributed by atoms with Crippen LogP contribution in [0, 0.1) is 11.8 Å². The Labute approximate surface area is 237 Å². The number of methoxy groups -OCH3 is 1. The number of rotatable bonds is 6. The minimum atomic E-state index is -0.821. The third kappa shape index (κ3) is 4.98. The zero-order chi connectivity index (χ0) is 27.2. The van der Waals surface area contributed by atoms with E-state index in [1.54, 1.807) is 13.2 Å². The molecule has 2 aliphatic heterocycles. The van der Waals surface area contributed by atoms with Crippen LogP contribution >= 0.6 is 11.6 Å². The van der Waals surface area contributed by atoms with Crippen molar-refractivity contribution >= 4 is 23.0 Å². The number of benzene rings is 2. The number of hydrogen-bond donors (Lipinski definition) is 1. The van der Waals surface area contributed by atoms with E-state index in [0.717, 1.165) is 67.2 Å². The van der Waals surface area contributed by atoms with Crippen LogP contribution in [0.5, 0.6) is 5.75 Å². The van der Waals surface area contributed by atoms with Crippen molar-refractivity contribution in [2.75, 3.05) is 38.3 Å². The molecule has 2 aromatic rings. The van der Waals surface area contributed by atoms with Crippen molar-refractivity contribution in [2.24, 2.45) is 11.8 Å². The highest BCUT2D eigenvalue weighted by Gasteiger charge is 2.46. The van der Waals surface area contributed by atoms with Gasteiger partial charge >= 0.3 is 0 Å². The van der Waals surface area contributed by atoms with Gasteiger partial charge in [0.05, 0.1) is 37.7 Å². The van der Waals surface area contributed by atoms with Crippen LogP contribution in [0.4, 0.5) is 5.69 Å². The van der Waals surface area contributed by atoms with Gasteiger partial charge in [-0.2, -0.15) is 0 Å². The van der Waals surface area contributed by atoms with Crippen LogP contribution in [0.3, 0.4) is 0 Å². The second kappa shape index (κ2) is 10.5. The van der Waals surface area contributed by atoms with Gasteiger partial charge in [-0.25, -0.2) is 0 Å². The average molecular weight is 550 g/mol. The van der Waals surface area contributed by atoms with E-state index in [1.165, 1.54) is 11.1 Å². The van der Waals surface area contributed by atoms with Gasteiger partial charge in [0.1, 0.15) is 11.5 Å². The monoisotopic (exact) mass is 549 g/mol. The molecule has 0 aromatic heterocycles. The molecule has 1 saturated heterocycles. The molecular weight excluding hydrogens is 510 g/mol. The smallest absolute Gasteiger partial charge is 0.142 e. The Balaban J connectivity index is 1.34. The maximum atomic E-state index is 10.9. The molecule has 2 aromatic carbocycles. The summed E-state index contributed by atoms with van der Waals surface area (Å²) in [7, 11) is 1.66. The van der Waals surface area contributed by atoms with E-state index in [-0.39, 0.29) is 11.5 Å². The molecule has 5 nitrogen and oxygen atoms in total. The molecule has 4 aliphatic rings. The van der Waals surface area contributed by atoms with Crippen LogP contribution in [0.2, 0.25) is 5.02 Å². The van der Waals surface area contributed by atoms with Gasteiger partial charge in [0, 0.05) is 41.9 Å². The van der Waals surface area contributed by atoms with E-state index in [1.807, 2.05) is 12.1 Å². The van der Waals surface area contributed by atoms with Gasteiger partial charge in [-0.1, -0.05) is 30.3 Å². The Kier molecular flexibility index (Phi) is 7.20. The zero-order valence-corrected chi connectivity index (χ0v) is 23.7. The van der Waals surface area contributed by atoms with E-state index >= 15 is 0 Å². The second-order valence-corrected chi connectivity index (χ2v) is 12.5. The van der Waals surface area contributed by atoms with E-state index in [4.69, 9.17) is 25.8 Å². The first kappa shape index (κ1) is 26.7. The molecule has 1 N–H and O–H groups in total. The molecule has 208 valence electrons. The third-order valence-corrected chi connectivity index (χ3v) is 10.1. The molecule has 2 aliphatic carbocycles. The summed E-state index contributed by atoms with van der Waals surface area (Å²) in [6, 6.07) is 12.7. The normalized spacial score (nSPS) is 31.8. The first-order chi connectivity index (χ1) is 18.8. The molecular formula is C33H40ClNO4. The van der Waals surface area contributed by atoms with Crippen molar-refractivity contribution < 1.29 is 19.3 Å². The second-order valence-electron chi connectivity index (χ2n) is 12.1. The highest BCUT2D eigenvalue weighted by Crippen LogP contribution is 2.48. The van der Waals surface area contributed by atoms with Gasteiger partial charge in [0.25, 0.3) is 0 Å². The van der Waals surface area contributed by atoms with Crippen LogP contribution in [0.15, 0.2) is 55.6 Å². The zero-order valence-electron chi connectivity index (χ0n) is 23.0. The van der Waals surface area contributed by atoms with Crippen molar-refractivity contribution in [3.05, 3.63) is 77.3 Å². The largest absolute Gasteiger partial charge is 0.497 e. The molecule has 39 heavy (non-hydrogen) atoms. The molecule has 0 bridgehead atoms. The predicted octanol–water partition coefficient (Wildman–Crippen LogP) is 6.55. The predicted molar refractivity (Wildman–Crippen MR) is 157 cm³/mol. The first-order valence-electron chi connectivity index (χ1n) is 14.3. The van der Waals surface area contributed by atoms with Crippen LogP contribution in [0.25, 0.3) is 5.76 Å². The number of nitrogens with zero attached hydrogens (tertiary/aromatic N) is 1. The van der Waals surface area contributed by atoms with Crippen molar-refractivity contribution in [3.8, 4) is 5.75 Å². The summed E-state index contributed by atoms with van der Waals surface area (Å²) >= 11 is 6.42. The fourth-order valence-electron chi connectivity index (χ4n) is 7.36. The summed E-state index contributed by atoms with van der Waals surface area (Å²) in [6.07, 6.45) is 8.57. The average Bonchev–Trinajstić information content (AvgIpc) is 3.07. The van der Waals surface area contributed by atoms with Gasteiger partial charge in [-0.05, 0) is 85.4 Å². The molecule has 5 atom stereocenters. The lowest BCUT2D eigenvalue weighted by atomic mass is 9.67. The standard InChI is InChI=1S/C33H40ClNO4/c1-4-33(36)14-15-38-31(18-33)27-10-7-25(27)19-35-20-32(13-5-6-24-16-26(34)9-11-28(24)32)21-39-30-12-8-23(17-29(30)35)22(2)37-3/h4,8-9,11-12,16-17,25,27,31,36H,1-2,5-7,10,13-15,18-21H2,3H3/t25-,27+,31+,32-,33+/m0/s1. The molecule has 1 saturated carbocycles. The summed E-state index contributed by atoms with van der Waals surface area (Å²) in [5, 5.41) is 11.7. The summed E-state index contributed by atoms with van der Waals surface area (Å²) in [4.78, 5) is 2.55. The SMILES string of the molecule is C=C[C@@]1(O)CCO[C@@H]([C@@H]2CC[C@H]2CN2C[C@@]3(CCCc4cc(Cl)ccc43)COc3ccc(C(=C)OC)cc32)C1. The molecule has 0 radical (unpaired) electrons. The molecule has 0 unspecified atom stereocenters. The Morgan fingerprint density at radius 2 is 2.10 bits per heavy atom. The Morgan fingerprint density at radius 3 is 2.87 bits per heavy atom. The lowest BCUT2D eigenvalue weighted by molar-refractivity contribution is -0.125. The highest BCUT2D eigenvalue weighted by atomic mass is 35.5. The Morgan fingerprint density at radius 1 is 1.23 bits per heavy atom. The quantitative estimate of drug-likeness (QED) is 0.327. The van der Waals surface area contributed by atoms with Crippen LogP contribution in [0.1, 0.15) is 55.2 Å². The molecule has 2 fully saturated rings. The van der Waals surface area contributed by atoms with Crippen molar-refractivity contribution in [1.82, 2.24) is 0 Å². The first-order valence-corrected chi connectivity index (χ1v) is 14.7. The summed E-state index contributed by atoms with van der Waals surface area (Å²) in [5.74, 6) is 2.46. The van der Waals surface area contributed by atoms with Crippen molar-refractivity contribution in [2.45, 2.75) is 62.1 Å². The van der Waals surface area contributed by atoms with Gasteiger partial charge in [0.15, 0.2) is 0 Å². The molecule has 6 heteroatoms. The highest BCUT2D eigenvalue weighted by molar-refractivity contribution is 6.30. The maximum absolute atomic E-state index is 10.9. The van der Waals surface area contributed by atoms with E-state index < -0.39 is 5.60 Å². The fourth-order valence-corrected chi connectivity index (χ4v) is 7.55.